The van der Waals surface area contributed by atoms with E-state index in [1.807, 2.05) is 26.0 Å². The van der Waals surface area contributed by atoms with Gasteiger partial charge in [0.1, 0.15) is 18.0 Å². The molecule has 0 fully saturated rings. The number of amides is 1. The second-order valence-electron chi connectivity index (χ2n) is 7.62. The summed E-state index contributed by atoms with van der Waals surface area (Å²) in [5.74, 6) is -0.167. The molecule has 7 nitrogen and oxygen atoms in total. The van der Waals surface area contributed by atoms with Gasteiger partial charge in [-0.3, -0.25) is 14.8 Å². The fourth-order valence-corrected chi connectivity index (χ4v) is 3.64. The average molecular weight is 465 g/mol. The first-order valence-electron chi connectivity index (χ1n) is 10.2. The normalized spacial score (nSPS) is 11.5. The SMILES string of the molecule is CNC(=O)c1ccnc2c([C@H](C)CNc3cc(-c4cncc(C)c4)ncn3)ccc(F)c12.S. The Balaban J connectivity index is 0.00000306. The van der Waals surface area contributed by atoms with Gasteiger partial charge in [-0.1, -0.05) is 13.0 Å². The highest BCUT2D eigenvalue weighted by molar-refractivity contribution is 7.59. The zero-order valence-corrected chi connectivity index (χ0v) is 19.6. The van der Waals surface area contributed by atoms with Gasteiger partial charge in [-0.25, -0.2) is 14.4 Å². The van der Waals surface area contributed by atoms with Crippen LogP contribution in [0.2, 0.25) is 0 Å². The lowest BCUT2D eigenvalue weighted by Gasteiger charge is -2.17. The van der Waals surface area contributed by atoms with Crippen molar-refractivity contribution in [2.24, 2.45) is 0 Å². The van der Waals surface area contributed by atoms with Crippen molar-refractivity contribution >= 4 is 36.1 Å². The second kappa shape index (κ2) is 10.4. The summed E-state index contributed by atoms with van der Waals surface area (Å²) >= 11 is 0. The topological polar surface area (TPSA) is 92.7 Å². The molecule has 1 amide bonds. The number of carbonyl (C=O) groups is 1. The Bertz CT molecular complexity index is 1300. The minimum absolute atomic E-state index is 0. The molecule has 1 aromatic carbocycles. The van der Waals surface area contributed by atoms with E-state index < -0.39 is 5.82 Å². The minimum Gasteiger partial charge on any atom is -0.369 e. The number of benzene rings is 1. The van der Waals surface area contributed by atoms with E-state index in [2.05, 4.69) is 30.6 Å². The molecule has 0 radical (unpaired) electrons. The summed E-state index contributed by atoms with van der Waals surface area (Å²) in [7, 11) is 1.52. The molecule has 0 aliphatic carbocycles. The molecule has 3 aromatic heterocycles. The summed E-state index contributed by atoms with van der Waals surface area (Å²) in [6.07, 6.45) is 6.60. The molecule has 0 spiro atoms. The van der Waals surface area contributed by atoms with E-state index in [0.29, 0.717) is 17.9 Å². The third kappa shape index (κ3) is 5.09. The molecule has 1 atom stereocenters. The minimum atomic E-state index is -0.470. The standard InChI is InChI=1S/C24H23FN6O.H2S/c1-14-8-16(12-27-10-14)20-9-21(31-13-30-20)29-11-15(2)17-4-5-19(25)22-18(24(32)26-3)6-7-28-23(17)22;/h4-10,12-13,15H,11H2,1-3H3,(H,26,32)(H,29,30,31);1H2/t15-;/m1./s1. The molecule has 9 heteroatoms. The van der Waals surface area contributed by atoms with E-state index in [1.54, 1.807) is 18.5 Å². The molecule has 0 aliphatic rings. The van der Waals surface area contributed by atoms with Crippen LogP contribution in [0.1, 0.15) is 34.3 Å². The van der Waals surface area contributed by atoms with Gasteiger partial charge in [0.05, 0.1) is 16.8 Å². The van der Waals surface area contributed by atoms with Crippen LogP contribution in [0.3, 0.4) is 0 Å². The van der Waals surface area contributed by atoms with Gasteiger partial charge in [0.15, 0.2) is 0 Å². The highest BCUT2D eigenvalue weighted by Gasteiger charge is 2.18. The summed E-state index contributed by atoms with van der Waals surface area (Å²) < 4.78 is 14.6. The first kappa shape index (κ1) is 24.1. The predicted octanol–water partition coefficient (Wildman–Crippen LogP) is 4.22. The zero-order valence-electron chi connectivity index (χ0n) is 18.6. The first-order valence-corrected chi connectivity index (χ1v) is 10.2. The Kier molecular flexibility index (Phi) is 7.55. The number of anilines is 1. The average Bonchev–Trinajstić information content (AvgIpc) is 2.82. The third-order valence-corrected chi connectivity index (χ3v) is 5.30. The Hall–Kier alpha value is -3.59. The summed E-state index contributed by atoms with van der Waals surface area (Å²) in [4.78, 5) is 29.4. The summed E-state index contributed by atoms with van der Waals surface area (Å²) in [6.45, 7) is 4.53. The Morgan fingerprint density at radius 3 is 2.70 bits per heavy atom. The number of aromatic nitrogens is 4. The third-order valence-electron chi connectivity index (χ3n) is 5.30. The molecule has 0 unspecified atom stereocenters. The number of pyridine rings is 2. The van der Waals surface area contributed by atoms with Crippen LogP contribution in [-0.2, 0) is 0 Å². The van der Waals surface area contributed by atoms with Gasteiger partial charge in [-0.05, 0) is 36.2 Å². The van der Waals surface area contributed by atoms with Crippen LogP contribution in [0.15, 0.2) is 55.2 Å². The van der Waals surface area contributed by atoms with E-state index in [0.717, 1.165) is 22.4 Å². The fourth-order valence-electron chi connectivity index (χ4n) is 3.64. The molecule has 33 heavy (non-hydrogen) atoms. The molecular weight excluding hydrogens is 439 g/mol. The molecule has 0 bridgehead atoms. The van der Waals surface area contributed by atoms with Crippen LogP contribution in [0.25, 0.3) is 22.2 Å². The van der Waals surface area contributed by atoms with E-state index in [9.17, 15) is 9.18 Å². The Morgan fingerprint density at radius 1 is 1.12 bits per heavy atom. The highest BCUT2D eigenvalue weighted by atomic mass is 32.1. The van der Waals surface area contributed by atoms with Crippen molar-refractivity contribution in [2.75, 3.05) is 18.9 Å². The molecular formula is C24H25FN6OS. The lowest BCUT2D eigenvalue weighted by atomic mass is 9.95. The summed E-state index contributed by atoms with van der Waals surface area (Å²) in [5, 5.41) is 6.11. The smallest absolute Gasteiger partial charge is 0.251 e. The maximum Gasteiger partial charge on any atom is 0.251 e. The van der Waals surface area contributed by atoms with Crippen molar-refractivity contribution in [3.63, 3.8) is 0 Å². The van der Waals surface area contributed by atoms with Crippen LogP contribution in [0, 0.1) is 12.7 Å². The number of hydrogen-bond donors (Lipinski definition) is 2. The summed E-state index contributed by atoms with van der Waals surface area (Å²) in [5.41, 5.74) is 4.33. The Labute approximate surface area is 198 Å². The van der Waals surface area contributed by atoms with Crippen LogP contribution < -0.4 is 10.6 Å². The van der Waals surface area contributed by atoms with Crippen LogP contribution in [0.5, 0.6) is 0 Å². The molecule has 0 saturated carbocycles. The number of rotatable bonds is 6. The maximum atomic E-state index is 14.6. The van der Waals surface area contributed by atoms with Gasteiger partial charge in [0.25, 0.3) is 5.91 Å². The quantitative estimate of drug-likeness (QED) is 0.444. The van der Waals surface area contributed by atoms with E-state index in [-0.39, 0.29) is 36.3 Å². The number of carbonyl (C=O) groups excluding carboxylic acids is 1. The number of hydrogen-bond acceptors (Lipinski definition) is 6. The molecule has 3 heterocycles. The first-order chi connectivity index (χ1) is 15.5. The van der Waals surface area contributed by atoms with Crippen LogP contribution >= 0.6 is 13.5 Å². The van der Waals surface area contributed by atoms with Crippen molar-refractivity contribution in [2.45, 2.75) is 19.8 Å². The van der Waals surface area contributed by atoms with Crippen molar-refractivity contribution < 1.29 is 9.18 Å². The van der Waals surface area contributed by atoms with Crippen LogP contribution in [-0.4, -0.2) is 39.4 Å². The van der Waals surface area contributed by atoms with Gasteiger partial charge in [-0.15, -0.1) is 0 Å². The number of fused-ring (bicyclic) bond motifs is 1. The predicted molar refractivity (Wildman–Crippen MR) is 132 cm³/mol. The van der Waals surface area contributed by atoms with Gasteiger partial charge >= 0.3 is 0 Å². The van der Waals surface area contributed by atoms with E-state index in [4.69, 9.17) is 0 Å². The zero-order chi connectivity index (χ0) is 22.7. The number of aryl methyl sites for hydroxylation is 1. The van der Waals surface area contributed by atoms with Crippen molar-refractivity contribution in [1.82, 2.24) is 25.3 Å². The van der Waals surface area contributed by atoms with Crippen LogP contribution in [0.4, 0.5) is 10.2 Å². The van der Waals surface area contributed by atoms with E-state index in [1.165, 1.54) is 31.7 Å². The number of nitrogens with one attached hydrogen (secondary N) is 2. The molecule has 0 aliphatic heterocycles. The summed E-state index contributed by atoms with van der Waals surface area (Å²) in [6, 6.07) is 8.51. The van der Waals surface area contributed by atoms with Gasteiger partial charge in [0, 0.05) is 55.1 Å². The molecule has 2 N–H and O–H groups in total. The molecule has 170 valence electrons. The number of nitrogens with zero attached hydrogens (tertiary/aromatic N) is 4. The highest BCUT2D eigenvalue weighted by Crippen LogP contribution is 2.29. The molecule has 0 saturated heterocycles. The largest absolute Gasteiger partial charge is 0.369 e. The monoisotopic (exact) mass is 464 g/mol. The van der Waals surface area contributed by atoms with E-state index >= 15 is 0 Å². The van der Waals surface area contributed by atoms with Crippen molar-refractivity contribution in [3.05, 3.63) is 77.8 Å². The fraction of sp³-hybridized carbons (Fsp3) is 0.208. The number of halogens is 1. The molecule has 4 rings (SSSR count). The van der Waals surface area contributed by atoms with Gasteiger partial charge in [-0.2, -0.15) is 13.5 Å². The Morgan fingerprint density at radius 2 is 1.94 bits per heavy atom. The second-order valence-corrected chi connectivity index (χ2v) is 7.62. The maximum absolute atomic E-state index is 14.6. The van der Waals surface area contributed by atoms with Gasteiger partial charge < -0.3 is 10.6 Å². The molecule has 4 aromatic rings. The lowest BCUT2D eigenvalue weighted by molar-refractivity contribution is 0.0964. The van der Waals surface area contributed by atoms with Crippen molar-refractivity contribution in [1.29, 1.82) is 0 Å². The van der Waals surface area contributed by atoms with Crippen molar-refractivity contribution in [3.8, 4) is 11.3 Å². The van der Waals surface area contributed by atoms with Gasteiger partial charge in [0.2, 0.25) is 0 Å². The lowest BCUT2D eigenvalue weighted by Crippen LogP contribution is -2.19.